The molecule has 2 N–H and O–H groups in total. The zero-order valence-electron chi connectivity index (χ0n) is 18.1. The number of nitrogens with zero attached hydrogens (tertiary/aromatic N) is 4. The van der Waals surface area contributed by atoms with Gasteiger partial charge in [0.15, 0.2) is 5.76 Å². The number of carbonyl (C=O) groups is 2. The summed E-state index contributed by atoms with van der Waals surface area (Å²) in [4.78, 5) is 33.7. The Hall–Kier alpha value is -3.33. The van der Waals surface area contributed by atoms with E-state index in [1.165, 1.54) is 6.26 Å². The summed E-state index contributed by atoms with van der Waals surface area (Å²) >= 11 is 12.5. The predicted molar refractivity (Wildman–Crippen MR) is 129 cm³/mol. The number of rotatable bonds is 4. The Labute approximate surface area is 205 Å². The van der Waals surface area contributed by atoms with Crippen LogP contribution in [0, 0.1) is 0 Å². The number of aromatic nitrogens is 2. The molecule has 0 atom stereocenters. The highest BCUT2D eigenvalue weighted by molar-refractivity contribution is 6.36. The molecule has 8 nitrogen and oxygen atoms in total. The molecule has 10 heteroatoms. The number of furan rings is 1. The molecule has 0 bridgehead atoms. The third-order valence-electron chi connectivity index (χ3n) is 5.98. The van der Waals surface area contributed by atoms with Gasteiger partial charge in [-0.1, -0.05) is 29.3 Å². The van der Waals surface area contributed by atoms with Gasteiger partial charge in [0.1, 0.15) is 11.3 Å². The first-order chi connectivity index (χ1) is 16.5. The van der Waals surface area contributed by atoms with E-state index in [4.69, 9.17) is 33.4 Å². The molecule has 1 aromatic carbocycles. The van der Waals surface area contributed by atoms with Gasteiger partial charge in [-0.05, 0) is 35.9 Å². The summed E-state index contributed by atoms with van der Waals surface area (Å²) in [7, 11) is 0. The Bertz CT molecular complexity index is 1380. The second-order valence-electron chi connectivity index (χ2n) is 7.97. The Morgan fingerprint density at radius 3 is 2.38 bits per heavy atom. The Kier molecular flexibility index (Phi) is 6.03. The maximum Gasteiger partial charge on any atom is 0.289 e. The van der Waals surface area contributed by atoms with Crippen LogP contribution in [-0.4, -0.2) is 57.2 Å². The van der Waals surface area contributed by atoms with Gasteiger partial charge >= 0.3 is 0 Å². The number of fused-ring (bicyclic) bond motifs is 1. The molecule has 1 fully saturated rings. The average Bonchev–Trinajstić information content (AvgIpc) is 3.53. The molecular formula is C24H21Cl2N5O3. The third-order valence-corrected chi connectivity index (χ3v) is 6.53. The summed E-state index contributed by atoms with van der Waals surface area (Å²) in [6, 6.07) is 10.4. The molecule has 2 amide bonds. The van der Waals surface area contributed by atoms with Gasteiger partial charge in [-0.15, -0.1) is 0 Å². The second-order valence-corrected chi connectivity index (χ2v) is 8.82. The lowest BCUT2D eigenvalue weighted by Gasteiger charge is -2.34. The van der Waals surface area contributed by atoms with Crippen molar-refractivity contribution >= 4 is 40.7 Å². The van der Waals surface area contributed by atoms with E-state index in [2.05, 4.69) is 4.98 Å². The van der Waals surface area contributed by atoms with Gasteiger partial charge in [-0.25, -0.2) is 4.98 Å². The Balaban J connectivity index is 1.42. The number of pyridine rings is 1. The highest BCUT2D eigenvalue weighted by atomic mass is 35.5. The molecule has 34 heavy (non-hydrogen) atoms. The zero-order valence-corrected chi connectivity index (χ0v) is 19.6. The van der Waals surface area contributed by atoms with Gasteiger partial charge in [-0.2, -0.15) is 0 Å². The predicted octanol–water partition coefficient (Wildman–Crippen LogP) is 3.96. The summed E-state index contributed by atoms with van der Waals surface area (Å²) in [5.74, 6) is -0.0393. The molecule has 0 spiro atoms. The summed E-state index contributed by atoms with van der Waals surface area (Å²) < 4.78 is 6.95. The molecule has 0 saturated carbocycles. The molecule has 0 aliphatic carbocycles. The molecule has 0 radical (unpaired) electrons. The van der Waals surface area contributed by atoms with Gasteiger partial charge < -0.3 is 20.0 Å². The van der Waals surface area contributed by atoms with Gasteiger partial charge in [0, 0.05) is 60.1 Å². The number of hydrogen-bond acceptors (Lipinski definition) is 5. The molecule has 4 heterocycles. The van der Waals surface area contributed by atoms with Crippen molar-refractivity contribution in [1.82, 2.24) is 19.2 Å². The van der Waals surface area contributed by atoms with Crippen LogP contribution in [0.1, 0.15) is 26.6 Å². The highest BCUT2D eigenvalue weighted by Crippen LogP contribution is 2.33. The van der Waals surface area contributed by atoms with Crippen LogP contribution in [0.15, 0.2) is 59.5 Å². The number of piperazine rings is 1. The number of imidazole rings is 1. The standard InChI is InChI=1S/C24H21Cl2N5O3/c25-16-3-4-17(19(26)11-16)18-14-31-20(13-28-22(31)10-15(18)12-27)23(32)29-5-7-30(8-6-29)24(33)21-2-1-9-34-21/h1-4,9-11,13-14H,5-8,12,27H2. The van der Waals surface area contributed by atoms with E-state index in [-0.39, 0.29) is 18.4 Å². The lowest BCUT2D eigenvalue weighted by molar-refractivity contribution is 0.0514. The molecule has 0 unspecified atom stereocenters. The maximum absolute atomic E-state index is 13.4. The second kappa shape index (κ2) is 9.13. The Morgan fingerprint density at radius 1 is 1.00 bits per heavy atom. The third kappa shape index (κ3) is 4.04. The maximum atomic E-state index is 13.4. The quantitative estimate of drug-likeness (QED) is 0.460. The summed E-state index contributed by atoms with van der Waals surface area (Å²) in [6.07, 6.45) is 4.87. The number of amides is 2. The smallest absolute Gasteiger partial charge is 0.289 e. The summed E-state index contributed by atoms with van der Waals surface area (Å²) in [5, 5.41) is 1.03. The summed E-state index contributed by atoms with van der Waals surface area (Å²) in [5.41, 5.74) is 9.46. The zero-order chi connectivity index (χ0) is 23.8. The molecule has 3 aromatic heterocycles. The van der Waals surface area contributed by atoms with Crippen LogP contribution in [-0.2, 0) is 6.54 Å². The molecule has 5 rings (SSSR count). The van der Waals surface area contributed by atoms with E-state index in [0.29, 0.717) is 53.3 Å². The molecule has 1 saturated heterocycles. The largest absolute Gasteiger partial charge is 0.459 e. The molecule has 174 valence electrons. The van der Waals surface area contributed by atoms with Crippen LogP contribution in [0.5, 0.6) is 0 Å². The van der Waals surface area contributed by atoms with E-state index in [1.807, 2.05) is 18.3 Å². The van der Waals surface area contributed by atoms with E-state index in [1.54, 1.807) is 44.7 Å². The molecular weight excluding hydrogens is 477 g/mol. The summed E-state index contributed by atoms with van der Waals surface area (Å²) in [6.45, 7) is 1.95. The van der Waals surface area contributed by atoms with E-state index < -0.39 is 0 Å². The first-order valence-electron chi connectivity index (χ1n) is 10.7. The van der Waals surface area contributed by atoms with Gasteiger partial charge in [0.25, 0.3) is 11.8 Å². The first-order valence-corrected chi connectivity index (χ1v) is 11.5. The Morgan fingerprint density at radius 2 is 1.74 bits per heavy atom. The van der Waals surface area contributed by atoms with Crippen LogP contribution < -0.4 is 5.73 Å². The van der Waals surface area contributed by atoms with Crippen molar-refractivity contribution in [3.05, 3.63) is 82.1 Å². The number of carbonyl (C=O) groups excluding carboxylic acids is 2. The van der Waals surface area contributed by atoms with Crippen molar-refractivity contribution in [1.29, 1.82) is 0 Å². The fourth-order valence-corrected chi connectivity index (χ4v) is 4.68. The van der Waals surface area contributed by atoms with E-state index >= 15 is 0 Å². The fraction of sp³-hybridized carbons (Fsp3) is 0.208. The number of halogens is 2. The first kappa shape index (κ1) is 22.5. The van der Waals surface area contributed by atoms with Crippen LogP contribution in [0.4, 0.5) is 0 Å². The van der Waals surface area contributed by atoms with Crippen LogP contribution in [0.3, 0.4) is 0 Å². The van der Waals surface area contributed by atoms with Crippen LogP contribution in [0.2, 0.25) is 10.0 Å². The van der Waals surface area contributed by atoms with Crippen molar-refractivity contribution in [2.24, 2.45) is 5.73 Å². The fourth-order valence-electron chi connectivity index (χ4n) is 4.17. The number of nitrogens with two attached hydrogens (primary N) is 1. The number of benzene rings is 1. The minimum absolute atomic E-state index is 0.161. The number of hydrogen-bond donors (Lipinski definition) is 1. The lowest BCUT2D eigenvalue weighted by atomic mass is 10.0. The molecule has 1 aliphatic heterocycles. The van der Waals surface area contributed by atoms with Gasteiger partial charge in [-0.3, -0.25) is 14.0 Å². The van der Waals surface area contributed by atoms with E-state index in [0.717, 1.165) is 16.7 Å². The van der Waals surface area contributed by atoms with Crippen molar-refractivity contribution in [3.8, 4) is 11.1 Å². The lowest BCUT2D eigenvalue weighted by Crippen LogP contribution is -2.50. The molecule has 1 aliphatic rings. The molecule has 4 aromatic rings. The van der Waals surface area contributed by atoms with Crippen LogP contribution in [0.25, 0.3) is 16.8 Å². The topological polar surface area (TPSA) is 97.1 Å². The van der Waals surface area contributed by atoms with Crippen molar-refractivity contribution in [2.75, 3.05) is 26.2 Å². The minimum Gasteiger partial charge on any atom is -0.459 e. The van der Waals surface area contributed by atoms with E-state index in [9.17, 15) is 9.59 Å². The highest BCUT2D eigenvalue weighted by Gasteiger charge is 2.28. The van der Waals surface area contributed by atoms with Crippen LogP contribution >= 0.6 is 23.2 Å². The average molecular weight is 498 g/mol. The SMILES string of the molecule is NCc1cc2ncc(C(=O)N3CCN(C(=O)c4ccco4)CC3)n2cc1-c1ccc(Cl)cc1Cl. The van der Waals surface area contributed by atoms with Crippen molar-refractivity contribution in [2.45, 2.75) is 6.54 Å². The van der Waals surface area contributed by atoms with Gasteiger partial charge in [0.2, 0.25) is 0 Å². The van der Waals surface area contributed by atoms with Crippen molar-refractivity contribution < 1.29 is 14.0 Å². The van der Waals surface area contributed by atoms with Gasteiger partial charge in [0.05, 0.1) is 12.5 Å². The monoisotopic (exact) mass is 497 g/mol. The minimum atomic E-state index is -0.175. The normalized spacial score (nSPS) is 14.1. The van der Waals surface area contributed by atoms with Crippen molar-refractivity contribution in [3.63, 3.8) is 0 Å².